The van der Waals surface area contributed by atoms with Crippen molar-refractivity contribution >= 4 is 24.0 Å². The molecule has 1 atom stereocenters. The third kappa shape index (κ3) is 3.87. The predicted octanol–water partition coefficient (Wildman–Crippen LogP) is 1.99. The second kappa shape index (κ2) is 7.50. The molecule has 0 bridgehead atoms. The number of nitrogens with zero attached hydrogens (tertiary/aromatic N) is 2. The molecule has 0 aliphatic carbocycles. The van der Waals surface area contributed by atoms with Crippen LogP contribution < -0.4 is 10.6 Å². The minimum Gasteiger partial charge on any atom is -0.378 e. The number of likely N-dealkylation sites (tertiary alicyclic amines) is 1. The molecule has 1 fully saturated rings. The monoisotopic (exact) mass is 297 g/mol. The first kappa shape index (κ1) is 16.8. The molecule has 1 aliphatic rings. The summed E-state index contributed by atoms with van der Waals surface area (Å²) in [4.78, 5) is 16.5. The summed E-state index contributed by atoms with van der Waals surface area (Å²) in [7, 11) is 3.96. The van der Waals surface area contributed by atoms with Gasteiger partial charge >= 0.3 is 0 Å². The van der Waals surface area contributed by atoms with E-state index in [9.17, 15) is 4.79 Å². The van der Waals surface area contributed by atoms with Crippen molar-refractivity contribution in [2.45, 2.75) is 12.8 Å². The van der Waals surface area contributed by atoms with Crippen LogP contribution in [0.4, 0.5) is 5.69 Å². The SMILES string of the molecule is CN(C)c1cccc(C(=O)N2CCCC(CN)C2)c1.Cl. The second-order valence-electron chi connectivity index (χ2n) is 5.44. The molecule has 1 aromatic carbocycles. The summed E-state index contributed by atoms with van der Waals surface area (Å²) in [6.07, 6.45) is 2.19. The number of hydrogen-bond donors (Lipinski definition) is 1. The van der Waals surface area contributed by atoms with E-state index in [2.05, 4.69) is 0 Å². The van der Waals surface area contributed by atoms with E-state index in [4.69, 9.17) is 5.73 Å². The van der Waals surface area contributed by atoms with Gasteiger partial charge in [-0.05, 0) is 43.5 Å². The number of nitrogens with two attached hydrogens (primary N) is 1. The Morgan fingerprint density at radius 1 is 1.45 bits per heavy atom. The van der Waals surface area contributed by atoms with Crippen LogP contribution in [0.15, 0.2) is 24.3 Å². The normalized spacial score (nSPS) is 18.4. The lowest BCUT2D eigenvalue weighted by Gasteiger charge is -2.32. The van der Waals surface area contributed by atoms with Crippen LogP contribution in [0.25, 0.3) is 0 Å². The third-order valence-electron chi connectivity index (χ3n) is 3.75. The van der Waals surface area contributed by atoms with Crippen LogP contribution in [0, 0.1) is 5.92 Å². The number of carbonyl (C=O) groups excluding carboxylic acids is 1. The molecule has 1 aromatic rings. The highest BCUT2D eigenvalue weighted by Gasteiger charge is 2.23. The summed E-state index contributed by atoms with van der Waals surface area (Å²) in [5, 5.41) is 0. The third-order valence-corrected chi connectivity index (χ3v) is 3.75. The van der Waals surface area contributed by atoms with E-state index in [1.54, 1.807) is 0 Å². The largest absolute Gasteiger partial charge is 0.378 e. The van der Waals surface area contributed by atoms with Gasteiger partial charge in [-0.25, -0.2) is 0 Å². The standard InChI is InChI=1S/C15H23N3O.ClH/c1-17(2)14-7-3-6-13(9-14)15(19)18-8-4-5-12(10-16)11-18;/h3,6-7,9,12H,4-5,8,10-11,16H2,1-2H3;1H. The minimum absolute atomic E-state index is 0. The minimum atomic E-state index is 0. The molecular weight excluding hydrogens is 274 g/mol. The van der Waals surface area contributed by atoms with E-state index in [0.29, 0.717) is 12.5 Å². The van der Waals surface area contributed by atoms with E-state index in [1.165, 1.54) is 0 Å². The van der Waals surface area contributed by atoms with Gasteiger partial charge in [-0.1, -0.05) is 6.07 Å². The predicted molar refractivity (Wildman–Crippen MR) is 85.7 cm³/mol. The fraction of sp³-hybridized carbons (Fsp3) is 0.533. The maximum absolute atomic E-state index is 12.5. The molecule has 5 heteroatoms. The van der Waals surface area contributed by atoms with Gasteiger partial charge < -0.3 is 15.5 Å². The second-order valence-corrected chi connectivity index (χ2v) is 5.44. The first-order valence-electron chi connectivity index (χ1n) is 6.88. The molecule has 1 saturated heterocycles. The molecule has 1 heterocycles. The number of amides is 1. The lowest BCUT2D eigenvalue weighted by molar-refractivity contribution is 0.0678. The number of halogens is 1. The number of piperidine rings is 1. The van der Waals surface area contributed by atoms with Gasteiger partial charge in [0.2, 0.25) is 0 Å². The van der Waals surface area contributed by atoms with Gasteiger partial charge in [-0.3, -0.25) is 4.79 Å². The van der Waals surface area contributed by atoms with E-state index < -0.39 is 0 Å². The van der Waals surface area contributed by atoms with Crippen LogP contribution in [0.3, 0.4) is 0 Å². The smallest absolute Gasteiger partial charge is 0.253 e. The molecule has 0 radical (unpaired) electrons. The summed E-state index contributed by atoms with van der Waals surface area (Å²) < 4.78 is 0. The zero-order valence-corrected chi connectivity index (χ0v) is 13.0. The molecule has 2 rings (SSSR count). The first-order chi connectivity index (χ1) is 9.11. The van der Waals surface area contributed by atoms with Crippen LogP contribution in [0.1, 0.15) is 23.2 Å². The van der Waals surface area contributed by atoms with E-state index in [-0.39, 0.29) is 18.3 Å². The maximum atomic E-state index is 12.5. The molecule has 20 heavy (non-hydrogen) atoms. The van der Waals surface area contributed by atoms with Crippen LogP contribution in [0.2, 0.25) is 0 Å². The quantitative estimate of drug-likeness (QED) is 0.928. The molecule has 1 amide bonds. The number of benzene rings is 1. The highest BCUT2D eigenvalue weighted by molar-refractivity contribution is 5.95. The van der Waals surface area contributed by atoms with Crippen molar-refractivity contribution in [1.82, 2.24) is 4.90 Å². The van der Waals surface area contributed by atoms with E-state index >= 15 is 0 Å². The lowest BCUT2D eigenvalue weighted by atomic mass is 9.97. The molecule has 1 aliphatic heterocycles. The van der Waals surface area contributed by atoms with Crippen LogP contribution in [0.5, 0.6) is 0 Å². The zero-order valence-electron chi connectivity index (χ0n) is 12.2. The maximum Gasteiger partial charge on any atom is 0.253 e. The van der Waals surface area contributed by atoms with Crippen molar-refractivity contribution in [3.05, 3.63) is 29.8 Å². The number of anilines is 1. The van der Waals surface area contributed by atoms with Crippen molar-refractivity contribution in [1.29, 1.82) is 0 Å². The van der Waals surface area contributed by atoms with Crippen LogP contribution in [-0.2, 0) is 0 Å². The van der Waals surface area contributed by atoms with Crippen molar-refractivity contribution in [2.75, 3.05) is 38.6 Å². The van der Waals surface area contributed by atoms with E-state index in [0.717, 1.165) is 37.2 Å². The Morgan fingerprint density at radius 2 is 2.20 bits per heavy atom. The Kier molecular flexibility index (Phi) is 6.30. The Morgan fingerprint density at radius 3 is 2.85 bits per heavy atom. The fourth-order valence-electron chi connectivity index (χ4n) is 2.54. The van der Waals surface area contributed by atoms with Crippen LogP contribution >= 0.6 is 12.4 Å². The summed E-state index contributed by atoms with van der Waals surface area (Å²) in [5.74, 6) is 0.580. The first-order valence-corrected chi connectivity index (χ1v) is 6.88. The summed E-state index contributed by atoms with van der Waals surface area (Å²) >= 11 is 0. The Hall–Kier alpha value is -1.26. The molecule has 0 spiro atoms. The Balaban J connectivity index is 0.00000200. The highest BCUT2D eigenvalue weighted by Crippen LogP contribution is 2.20. The Labute approximate surface area is 127 Å². The van der Waals surface area contributed by atoms with Crippen molar-refractivity contribution in [2.24, 2.45) is 11.7 Å². The topological polar surface area (TPSA) is 49.6 Å². The van der Waals surface area contributed by atoms with Crippen molar-refractivity contribution < 1.29 is 4.79 Å². The zero-order chi connectivity index (χ0) is 13.8. The van der Waals surface area contributed by atoms with Crippen molar-refractivity contribution in [3.8, 4) is 0 Å². The Bertz CT molecular complexity index is 450. The average molecular weight is 298 g/mol. The molecular formula is C15H24ClN3O. The molecule has 1 unspecified atom stereocenters. The van der Waals surface area contributed by atoms with Gasteiger partial charge in [0.15, 0.2) is 0 Å². The van der Waals surface area contributed by atoms with Gasteiger partial charge in [0.25, 0.3) is 5.91 Å². The van der Waals surface area contributed by atoms with E-state index in [1.807, 2.05) is 48.2 Å². The number of carbonyl (C=O) groups is 1. The molecule has 2 N–H and O–H groups in total. The number of rotatable bonds is 3. The van der Waals surface area contributed by atoms with Gasteiger partial charge in [-0.15, -0.1) is 12.4 Å². The summed E-state index contributed by atoms with van der Waals surface area (Å²) in [5.41, 5.74) is 7.54. The highest BCUT2D eigenvalue weighted by atomic mass is 35.5. The van der Waals surface area contributed by atoms with Crippen molar-refractivity contribution in [3.63, 3.8) is 0 Å². The average Bonchev–Trinajstić information content (AvgIpc) is 2.46. The van der Waals surface area contributed by atoms with Gasteiger partial charge in [0.05, 0.1) is 0 Å². The molecule has 112 valence electrons. The van der Waals surface area contributed by atoms with Gasteiger partial charge in [0, 0.05) is 38.4 Å². The van der Waals surface area contributed by atoms with Gasteiger partial charge in [0.1, 0.15) is 0 Å². The van der Waals surface area contributed by atoms with Crippen LogP contribution in [-0.4, -0.2) is 44.5 Å². The molecule has 0 aromatic heterocycles. The molecule has 4 nitrogen and oxygen atoms in total. The fourth-order valence-corrected chi connectivity index (χ4v) is 2.54. The van der Waals surface area contributed by atoms with Gasteiger partial charge in [-0.2, -0.15) is 0 Å². The summed E-state index contributed by atoms with van der Waals surface area (Å²) in [6.45, 7) is 2.31. The number of hydrogen-bond acceptors (Lipinski definition) is 3. The summed E-state index contributed by atoms with van der Waals surface area (Å²) in [6, 6.07) is 7.79. The lowest BCUT2D eigenvalue weighted by Crippen LogP contribution is -2.42. The molecule has 0 saturated carbocycles.